The number of nitrogens with one attached hydrogen (secondary N) is 1. The van der Waals surface area contributed by atoms with Crippen molar-refractivity contribution in [2.45, 2.75) is 66.2 Å². The minimum atomic E-state index is -0.0584. The fourth-order valence-corrected chi connectivity index (χ4v) is 3.07. The van der Waals surface area contributed by atoms with Gasteiger partial charge < -0.3 is 4.90 Å². The normalized spacial score (nSPS) is 24.0. The monoisotopic (exact) mass is 288 g/mol. The lowest BCUT2D eigenvalue weighted by Crippen LogP contribution is -2.41. The topological polar surface area (TPSA) is 32.3 Å². The summed E-state index contributed by atoms with van der Waals surface area (Å²) in [4.78, 5) is 14.8. The first-order chi connectivity index (χ1) is 9.86. The molecule has 1 saturated heterocycles. The van der Waals surface area contributed by atoms with Crippen LogP contribution in [0.4, 0.5) is 0 Å². The third kappa shape index (κ3) is 2.98. The number of carbonyl (C=O) groups is 1. The maximum atomic E-state index is 12.7. The number of hydrogen-bond donors (Lipinski definition) is 1. The quantitative estimate of drug-likeness (QED) is 0.919. The van der Waals surface area contributed by atoms with Crippen molar-refractivity contribution in [2.75, 3.05) is 0 Å². The van der Waals surface area contributed by atoms with Gasteiger partial charge in [0.25, 0.3) is 0 Å². The van der Waals surface area contributed by atoms with Crippen LogP contribution in [-0.2, 0) is 4.79 Å². The maximum absolute atomic E-state index is 12.7. The van der Waals surface area contributed by atoms with Crippen LogP contribution in [0.1, 0.15) is 57.0 Å². The summed E-state index contributed by atoms with van der Waals surface area (Å²) in [5, 5.41) is 3.53. The van der Waals surface area contributed by atoms with E-state index in [4.69, 9.17) is 0 Å². The molecule has 1 aromatic carbocycles. The standard InChI is InChI=1S/C18H28N2O/c1-7-16-18(21)20(14(6)11(2)3)17(19-16)15-9-8-12(4)10-13(15)5/h8-11,14,16-17,19H,7H2,1-6H3. The number of hydrogen-bond acceptors (Lipinski definition) is 2. The minimum absolute atomic E-state index is 0.000417. The summed E-state index contributed by atoms with van der Waals surface area (Å²) in [6.07, 6.45) is 0.835. The average molecular weight is 288 g/mol. The van der Waals surface area contributed by atoms with Crippen LogP contribution >= 0.6 is 0 Å². The van der Waals surface area contributed by atoms with Gasteiger partial charge in [-0.2, -0.15) is 0 Å². The van der Waals surface area contributed by atoms with Crippen molar-refractivity contribution in [3.05, 3.63) is 34.9 Å². The third-order valence-corrected chi connectivity index (χ3v) is 4.72. The molecule has 1 heterocycles. The van der Waals surface area contributed by atoms with Crippen LogP contribution in [0.2, 0.25) is 0 Å². The minimum Gasteiger partial charge on any atom is -0.319 e. The van der Waals surface area contributed by atoms with Crippen LogP contribution < -0.4 is 5.32 Å². The number of carbonyl (C=O) groups excluding carboxylic acids is 1. The molecule has 116 valence electrons. The molecule has 1 aliphatic heterocycles. The molecule has 1 N–H and O–H groups in total. The SMILES string of the molecule is CCC1NC(c2ccc(C)cc2C)N(C(C)C(C)C)C1=O. The molecule has 1 aromatic rings. The Morgan fingerprint density at radius 3 is 2.43 bits per heavy atom. The van der Waals surface area contributed by atoms with E-state index < -0.39 is 0 Å². The lowest BCUT2D eigenvalue weighted by atomic mass is 9.99. The van der Waals surface area contributed by atoms with Gasteiger partial charge in [0, 0.05) is 6.04 Å². The molecule has 1 fully saturated rings. The van der Waals surface area contributed by atoms with E-state index in [2.05, 4.69) is 70.0 Å². The molecule has 0 aliphatic carbocycles. The van der Waals surface area contributed by atoms with Gasteiger partial charge in [0.1, 0.15) is 6.17 Å². The number of rotatable bonds is 4. The highest BCUT2D eigenvalue weighted by molar-refractivity contribution is 5.85. The Hall–Kier alpha value is -1.35. The summed E-state index contributed by atoms with van der Waals surface area (Å²) in [7, 11) is 0. The summed E-state index contributed by atoms with van der Waals surface area (Å²) in [6.45, 7) is 12.8. The lowest BCUT2D eigenvalue weighted by Gasteiger charge is -2.33. The van der Waals surface area contributed by atoms with Crippen LogP contribution in [0.5, 0.6) is 0 Å². The lowest BCUT2D eigenvalue weighted by molar-refractivity contribution is -0.133. The molecule has 21 heavy (non-hydrogen) atoms. The second kappa shape index (κ2) is 6.18. The Morgan fingerprint density at radius 2 is 1.90 bits per heavy atom. The number of aryl methyl sites for hydroxylation is 2. The molecular formula is C18H28N2O. The van der Waals surface area contributed by atoms with E-state index >= 15 is 0 Å². The number of nitrogens with zero attached hydrogens (tertiary/aromatic N) is 1. The Bertz CT molecular complexity index is 524. The van der Waals surface area contributed by atoms with E-state index in [0.29, 0.717) is 5.92 Å². The molecule has 3 atom stereocenters. The second-order valence-electron chi connectivity index (χ2n) is 6.62. The van der Waals surface area contributed by atoms with Gasteiger partial charge in [-0.15, -0.1) is 0 Å². The van der Waals surface area contributed by atoms with Crippen LogP contribution in [-0.4, -0.2) is 22.9 Å². The Labute approximate surface area is 128 Å². The summed E-state index contributed by atoms with van der Waals surface area (Å²) < 4.78 is 0. The van der Waals surface area contributed by atoms with Gasteiger partial charge in [0.15, 0.2) is 0 Å². The Morgan fingerprint density at radius 1 is 1.24 bits per heavy atom. The van der Waals surface area contributed by atoms with Crippen LogP contribution in [0.3, 0.4) is 0 Å². The summed E-state index contributed by atoms with van der Waals surface area (Å²) in [5.74, 6) is 0.684. The molecule has 0 aromatic heterocycles. The maximum Gasteiger partial charge on any atom is 0.241 e. The first kappa shape index (κ1) is 16.0. The van der Waals surface area contributed by atoms with Crippen LogP contribution in [0.25, 0.3) is 0 Å². The van der Waals surface area contributed by atoms with Crippen molar-refractivity contribution in [3.8, 4) is 0 Å². The predicted molar refractivity (Wildman–Crippen MR) is 87.0 cm³/mol. The van der Waals surface area contributed by atoms with E-state index in [-0.39, 0.29) is 24.2 Å². The first-order valence-electron chi connectivity index (χ1n) is 8.02. The largest absolute Gasteiger partial charge is 0.319 e. The van der Waals surface area contributed by atoms with Gasteiger partial charge in [-0.1, -0.05) is 44.5 Å². The molecule has 1 amide bonds. The van der Waals surface area contributed by atoms with Gasteiger partial charge >= 0.3 is 0 Å². The molecule has 3 heteroatoms. The van der Waals surface area contributed by atoms with E-state index in [1.807, 2.05) is 0 Å². The number of benzene rings is 1. The molecular weight excluding hydrogens is 260 g/mol. The van der Waals surface area contributed by atoms with Gasteiger partial charge in [-0.25, -0.2) is 0 Å². The molecule has 0 saturated carbocycles. The van der Waals surface area contributed by atoms with Crippen molar-refractivity contribution in [1.29, 1.82) is 0 Å². The molecule has 2 rings (SSSR count). The fraction of sp³-hybridized carbons (Fsp3) is 0.611. The highest BCUT2D eigenvalue weighted by atomic mass is 16.2. The molecule has 0 bridgehead atoms. The van der Waals surface area contributed by atoms with E-state index in [1.165, 1.54) is 16.7 Å². The first-order valence-corrected chi connectivity index (χ1v) is 8.02. The van der Waals surface area contributed by atoms with Gasteiger partial charge in [-0.05, 0) is 44.2 Å². The van der Waals surface area contributed by atoms with Crippen LogP contribution in [0.15, 0.2) is 18.2 Å². The molecule has 3 unspecified atom stereocenters. The van der Waals surface area contributed by atoms with Gasteiger partial charge in [0.05, 0.1) is 6.04 Å². The molecule has 0 radical (unpaired) electrons. The second-order valence-corrected chi connectivity index (χ2v) is 6.62. The zero-order valence-corrected chi connectivity index (χ0v) is 14.1. The van der Waals surface area contributed by atoms with E-state index in [0.717, 1.165) is 6.42 Å². The Kier molecular flexibility index (Phi) is 4.72. The third-order valence-electron chi connectivity index (χ3n) is 4.72. The molecule has 1 aliphatic rings. The van der Waals surface area contributed by atoms with E-state index in [1.54, 1.807) is 0 Å². The van der Waals surface area contributed by atoms with Crippen molar-refractivity contribution in [2.24, 2.45) is 5.92 Å². The van der Waals surface area contributed by atoms with Gasteiger partial charge in [0.2, 0.25) is 5.91 Å². The van der Waals surface area contributed by atoms with E-state index in [9.17, 15) is 4.79 Å². The van der Waals surface area contributed by atoms with Gasteiger partial charge in [-0.3, -0.25) is 10.1 Å². The van der Waals surface area contributed by atoms with Crippen molar-refractivity contribution < 1.29 is 4.79 Å². The smallest absolute Gasteiger partial charge is 0.241 e. The zero-order valence-electron chi connectivity index (χ0n) is 14.1. The summed E-state index contributed by atoms with van der Waals surface area (Å²) in [6, 6.07) is 6.66. The van der Waals surface area contributed by atoms with Crippen molar-refractivity contribution >= 4 is 5.91 Å². The number of amides is 1. The summed E-state index contributed by atoms with van der Waals surface area (Å²) >= 11 is 0. The van der Waals surface area contributed by atoms with Crippen molar-refractivity contribution in [3.63, 3.8) is 0 Å². The highest BCUT2D eigenvalue weighted by Crippen LogP contribution is 2.32. The summed E-state index contributed by atoms with van der Waals surface area (Å²) in [5.41, 5.74) is 3.73. The van der Waals surface area contributed by atoms with Crippen LogP contribution in [0, 0.1) is 19.8 Å². The molecule has 3 nitrogen and oxygen atoms in total. The fourth-order valence-electron chi connectivity index (χ4n) is 3.07. The average Bonchev–Trinajstić information content (AvgIpc) is 2.74. The Balaban J connectivity index is 2.41. The van der Waals surface area contributed by atoms with Crippen molar-refractivity contribution in [1.82, 2.24) is 10.2 Å². The highest BCUT2D eigenvalue weighted by Gasteiger charge is 2.42. The predicted octanol–water partition coefficient (Wildman–Crippen LogP) is 3.56. The zero-order chi connectivity index (χ0) is 15.7. The molecule has 0 spiro atoms.